The fraction of sp³-hybridized carbons (Fsp3) is 0. The third-order valence-electron chi connectivity index (χ3n) is 3.31. The van der Waals surface area contributed by atoms with Crippen molar-refractivity contribution in [1.82, 2.24) is 10.4 Å². The highest BCUT2D eigenvalue weighted by Crippen LogP contribution is 2.35. The van der Waals surface area contributed by atoms with Crippen molar-refractivity contribution < 1.29 is 28.8 Å². The van der Waals surface area contributed by atoms with Crippen LogP contribution in [-0.4, -0.2) is 25.1 Å². The van der Waals surface area contributed by atoms with Crippen LogP contribution in [0.3, 0.4) is 0 Å². The van der Waals surface area contributed by atoms with Gasteiger partial charge >= 0.3 is 11.4 Å². The number of benzene rings is 2. The van der Waals surface area contributed by atoms with Crippen molar-refractivity contribution >= 4 is 17.1 Å². The second kappa shape index (κ2) is 6.90. The van der Waals surface area contributed by atoms with Gasteiger partial charge in [0.2, 0.25) is 11.0 Å². The van der Waals surface area contributed by atoms with Crippen LogP contribution in [0.2, 0.25) is 0 Å². The predicted octanol–water partition coefficient (Wildman–Crippen LogP) is 1.16. The van der Waals surface area contributed by atoms with Crippen molar-refractivity contribution in [2.24, 2.45) is 0 Å². The van der Waals surface area contributed by atoms with E-state index in [2.05, 4.69) is 14.9 Å². The first-order chi connectivity index (χ1) is 13.2. The second-order valence-electron chi connectivity index (χ2n) is 5.09. The first kappa shape index (κ1) is 18.1. The average molecular weight is 391 g/mol. The maximum atomic E-state index is 11.3. The van der Waals surface area contributed by atoms with E-state index in [1.54, 1.807) is 0 Å². The van der Waals surface area contributed by atoms with Crippen molar-refractivity contribution in [3.8, 4) is 17.2 Å². The Labute approximate surface area is 151 Å². The van der Waals surface area contributed by atoms with Gasteiger partial charge in [-0.15, -0.1) is 0 Å². The lowest BCUT2D eigenvalue weighted by Crippen LogP contribution is -2.37. The van der Waals surface area contributed by atoms with Crippen LogP contribution in [0.15, 0.2) is 45.7 Å². The van der Waals surface area contributed by atoms with Crippen LogP contribution in [0.1, 0.15) is 0 Å². The molecule has 0 aliphatic carbocycles. The molecule has 28 heavy (non-hydrogen) atoms. The van der Waals surface area contributed by atoms with Gasteiger partial charge in [-0.25, -0.2) is 9.32 Å². The molecule has 0 atom stereocenters. The number of hydrogen-bond acceptors (Lipinski definition) is 10. The highest BCUT2D eigenvalue weighted by Gasteiger charge is 2.25. The molecule has 1 heterocycles. The number of nitrogens with one attached hydrogen (secondary N) is 1. The van der Waals surface area contributed by atoms with E-state index in [-0.39, 0.29) is 17.2 Å². The number of rotatable bonds is 6. The van der Waals surface area contributed by atoms with Crippen molar-refractivity contribution in [1.29, 1.82) is 0 Å². The largest absolute Gasteiger partial charge is 0.493 e. The maximum Gasteiger partial charge on any atom is 0.493 e. The number of hydrogen-bond donors (Lipinski definition) is 1. The quantitative estimate of drug-likeness (QED) is 0.361. The number of nitro benzene ring substituents is 3. The zero-order valence-corrected chi connectivity index (χ0v) is 13.4. The highest BCUT2D eigenvalue weighted by molar-refractivity contribution is 5.55. The standard InChI is InChI=1S/C13H6N6O9/c20-13-14-16(15-28-13)7-1-2-12(11(6-7)19(25)26)27-10-4-8(17(21)22)3-9(5-10)18(23)24/h1-6H/p+1. The molecule has 3 rings (SSSR count). The molecular formula is C13H7N6O9+. The van der Waals surface area contributed by atoms with Gasteiger partial charge in [-0.1, -0.05) is 5.10 Å². The summed E-state index contributed by atoms with van der Waals surface area (Å²) in [7, 11) is 0. The maximum absolute atomic E-state index is 11.3. The molecule has 0 aliphatic rings. The van der Waals surface area contributed by atoms with Gasteiger partial charge < -0.3 is 4.74 Å². The van der Waals surface area contributed by atoms with Crippen LogP contribution < -0.4 is 15.3 Å². The Morgan fingerprint density at radius 3 is 2.11 bits per heavy atom. The molecule has 1 aromatic heterocycles. The molecule has 0 aliphatic heterocycles. The average Bonchev–Trinajstić information content (AvgIpc) is 3.07. The summed E-state index contributed by atoms with van der Waals surface area (Å²) in [5, 5.41) is 38.7. The van der Waals surface area contributed by atoms with Crippen LogP contribution in [0, 0.1) is 30.3 Å². The Balaban J connectivity index is 2.04. The fourth-order valence-electron chi connectivity index (χ4n) is 2.15. The SMILES string of the molecule is O=c1[nH][n+](-c2ccc(Oc3cc([N+](=O)[O-])cc([N+](=O)[O-])c3)c([N+](=O)[O-])c2)no1. The molecule has 0 unspecified atom stereocenters. The molecular weight excluding hydrogens is 384 g/mol. The minimum Gasteiger partial charge on any atom is -0.450 e. The summed E-state index contributed by atoms with van der Waals surface area (Å²) in [6, 6.07) is 5.87. The topological polar surface area (TPSA) is 201 Å². The normalized spacial score (nSPS) is 10.4. The molecule has 0 amide bonds. The van der Waals surface area contributed by atoms with Crippen molar-refractivity contribution in [3.63, 3.8) is 0 Å². The Morgan fingerprint density at radius 2 is 1.61 bits per heavy atom. The number of nitrogens with zero attached hydrogens (tertiary/aromatic N) is 5. The molecule has 15 nitrogen and oxygen atoms in total. The minimum absolute atomic E-state index is 0.0509. The first-order valence-electron chi connectivity index (χ1n) is 7.13. The van der Waals surface area contributed by atoms with Gasteiger partial charge in [-0.3, -0.25) is 30.3 Å². The monoisotopic (exact) mass is 391 g/mol. The third kappa shape index (κ3) is 3.62. The lowest BCUT2D eigenvalue weighted by molar-refractivity contribution is -0.725. The summed E-state index contributed by atoms with van der Waals surface area (Å²) in [6.45, 7) is 0. The molecule has 0 saturated carbocycles. The molecule has 0 spiro atoms. The molecule has 142 valence electrons. The van der Waals surface area contributed by atoms with Crippen LogP contribution in [0.4, 0.5) is 17.1 Å². The zero-order valence-electron chi connectivity index (χ0n) is 13.4. The number of H-pyrrole nitrogens is 1. The van der Waals surface area contributed by atoms with Crippen LogP contribution in [-0.2, 0) is 0 Å². The highest BCUT2D eigenvalue weighted by atomic mass is 16.6. The summed E-state index contributed by atoms with van der Waals surface area (Å²) in [6.07, 6.45) is 0. The number of ether oxygens (including phenoxy) is 1. The van der Waals surface area contributed by atoms with Gasteiger partial charge in [0, 0.05) is 6.07 Å². The molecule has 1 N–H and O–H groups in total. The molecule has 0 radical (unpaired) electrons. The molecule has 15 heteroatoms. The second-order valence-corrected chi connectivity index (χ2v) is 5.09. The Morgan fingerprint density at radius 1 is 0.964 bits per heavy atom. The minimum atomic E-state index is -0.896. The first-order valence-corrected chi connectivity index (χ1v) is 7.13. The van der Waals surface area contributed by atoms with E-state index in [9.17, 15) is 35.1 Å². The summed E-state index contributed by atoms with van der Waals surface area (Å²) < 4.78 is 9.56. The Hall–Kier alpha value is -4.69. The Bertz CT molecular complexity index is 1140. The fourth-order valence-corrected chi connectivity index (χ4v) is 2.15. The van der Waals surface area contributed by atoms with Crippen molar-refractivity contribution in [2.45, 2.75) is 0 Å². The predicted molar refractivity (Wildman–Crippen MR) is 85.1 cm³/mol. The summed E-state index contributed by atoms with van der Waals surface area (Å²) >= 11 is 0. The lowest BCUT2D eigenvalue weighted by Gasteiger charge is -2.06. The number of non-ortho nitro benzene ring substituents is 2. The van der Waals surface area contributed by atoms with Gasteiger partial charge in [0.1, 0.15) is 5.75 Å². The van der Waals surface area contributed by atoms with E-state index >= 15 is 0 Å². The third-order valence-corrected chi connectivity index (χ3v) is 3.31. The molecule has 3 aromatic rings. The van der Waals surface area contributed by atoms with E-state index < -0.39 is 37.6 Å². The number of nitro groups is 3. The molecule has 0 bridgehead atoms. The van der Waals surface area contributed by atoms with E-state index in [0.717, 1.165) is 35.1 Å². The van der Waals surface area contributed by atoms with Gasteiger partial charge in [-0.2, -0.15) is 0 Å². The van der Waals surface area contributed by atoms with Crippen LogP contribution in [0.25, 0.3) is 5.69 Å². The number of aromatic amines is 1. The molecule has 2 aromatic carbocycles. The van der Waals surface area contributed by atoms with Crippen LogP contribution in [0.5, 0.6) is 11.5 Å². The lowest BCUT2D eigenvalue weighted by atomic mass is 10.2. The van der Waals surface area contributed by atoms with E-state index in [4.69, 9.17) is 4.74 Å². The zero-order chi connectivity index (χ0) is 20.4. The number of aromatic nitrogens is 3. The summed E-state index contributed by atoms with van der Waals surface area (Å²) in [4.78, 5) is 42.5. The smallest absolute Gasteiger partial charge is 0.450 e. The van der Waals surface area contributed by atoms with Crippen LogP contribution >= 0.6 is 0 Å². The molecule has 0 fully saturated rings. The molecule has 0 saturated heterocycles. The summed E-state index contributed by atoms with van der Waals surface area (Å²) in [5.41, 5.74) is -1.80. The van der Waals surface area contributed by atoms with E-state index in [1.807, 2.05) is 0 Å². The van der Waals surface area contributed by atoms with Gasteiger partial charge in [0.15, 0.2) is 0 Å². The summed E-state index contributed by atoms with van der Waals surface area (Å²) in [5.74, 6) is -1.60. The van der Waals surface area contributed by atoms with Crippen molar-refractivity contribution in [2.75, 3.05) is 0 Å². The van der Waals surface area contributed by atoms with E-state index in [0.29, 0.717) is 0 Å². The van der Waals surface area contributed by atoms with Gasteiger partial charge in [-0.05, 0) is 6.07 Å². The van der Waals surface area contributed by atoms with Gasteiger partial charge in [0.05, 0.1) is 43.8 Å². The van der Waals surface area contributed by atoms with E-state index in [1.165, 1.54) is 6.07 Å². The Kier molecular flexibility index (Phi) is 4.47. The van der Waals surface area contributed by atoms with Gasteiger partial charge in [0.25, 0.3) is 17.1 Å². The van der Waals surface area contributed by atoms with Crippen molar-refractivity contribution in [3.05, 3.63) is 77.3 Å².